The van der Waals surface area contributed by atoms with Crippen LogP contribution in [0.25, 0.3) is 28.2 Å². The zero-order valence-corrected chi connectivity index (χ0v) is 17.7. The van der Waals surface area contributed by atoms with Gasteiger partial charge in [-0.3, -0.25) is 19.3 Å². The number of rotatable bonds is 6. The maximum Gasteiger partial charge on any atom is 0.335 e. The summed E-state index contributed by atoms with van der Waals surface area (Å²) in [6, 6.07) is 13.7. The van der Waals surface area contributed by atoms with Crippen LogP contribution in [-0.2, 0) is 14.3 Å². The number of hydrogen-bond acceptors (Lipinski definition) is 7. The molecular weight excluding hydrogens is 434 g/mol. The van der Waals surface area contributed by atoms with Gasteiger partial charge < -0.3 is 14.3 Å². The van der Waals surface area contributed by atoms with Crippen LogP contribution in [0.1, 0.15) is 23.0 Å². The lowest BCUT2D eigenvalue weighted by Gasteiger charge is -2.10. The molecule has 162 valence electrons. The largest absolute Gasteiger partial charge is 0.478 e. The maximum absolute atomic E-state index is 12.5. The van der Waals surface area contributed by atoms with Gasteiger partial charge in [0.2, 0.25) is 0 Å². The third kappa shape index (κ3) is 4.15. The van der Waals surface area contributed by atoms with Gasteiger partial charge in [0.1, 0.15) is 18.1 Å². The second kappa shape index (κ2) is 8.72. The number of amides is 2. The van der Waals surface area contributed by atoms with Crippen molar-refractivity contribution in [2.45, 2.75) is 6.92 Å². The van der Waals surface area contributed by atoms with Gasteiger partial charge in [0, 0.05) is 11.6 Å². The predicted octanol–water partition coefficient (Wildman–Crippen LogP) is 4.40. The molecule has 1 aliphatic heterocycles. The lowest BCUT2D eigenvalue weighted by atomic mass is 9.99. The monoisotopic (exact) mass is 451 g/mol. The molecular formula is C23H17NO7S. The van der Waals surface area contributed by atoms with Crippen LogP contribution in [0.2, 0.25) is 0 Å². The molecule has 9 heteroatoms. The molecule has 0 unspecified atom stereocenters. The molecule has 1 fully saturated rings. The number of benzene rings is 2. The number of esters is 1. The molecule has 32 heavy (non-hydrogen) atoms. The number of aromatic carboxylic acids is 1. The Morgan fingerprint density at radius 3 is 2.69 bits per heavy atom. The van der Waals surface area contributed by atoms with E-state index in [0.29, 0.717) is 28.8 Å². The Labute approximate surface area is 186 Å². The number of fused-ring (bicyclic) bond motifs is 1. The Morgan fingerprint density at radius 2 is 1.94 bits per heavy atom. The zero-order chi connectivity index (χ0) is 22.8. The van der Waals surface area contributed by atoms with Crippen molar-refractivity contribution in [2.24, 2.45) is 0 Å². The van der Waals surface area contributed by atoms with Gasteiger partial charge >= 0.3 is 11.9 Å². The van der Waals surface area contributed by atoms with E-state index in [4.69, 9.17) is 9.15 Å². The van der Waals surface area contributed by atoms with E-state index in [9.17, 15) is 24.3 Å². The van der Waals surface area contributed by atoms with Crippen molar-refractivity contribution in [3.8, 4) is 11.3 Å². The van der Waals surface area contributed by atoms with Crippen LogP contribution in [0.15, 0.2) is 57.9 Å². The molecule has 0 spiro atoms. The van der Waals surface area contributed by atoms with Gasteiger partial charge in [0.15, 0.2) is 0 Å². The number of carboxylic acid groups (broad SMARTS) is 1. The molecule has 0 aliphatic carbocycles. The van der Waals surface area contributed by atoms with Crippen molar-refractivity contribution in [3.05, 3.63) is 64.8 Å². The van der Waals surface area contributed by atoms with Gasteiger partial charge in [-0.15, -0.1) is 0 Å². The first-order valence-corrected chi connectivity index (χ1v) is 10.5. The van der Waals surface area contributed by atoms with Gasteiger partial charge in [-0.1, -0.05) is 24.3 Å². The molecule has 1 N–H and O–H groups in total. The van der Waals surface area contributed by atoms with Crippen LogP contribution in [0.3, 0.4) is 0 Å². The fourth-order valence-electron chi connectivity index (χ4n) is 3.31. The number of furan rings is 1. The molecule has 1 aliphatic rings. The Kier molecular flexibility index (Phi) is 5.83. The molecule has 0 bridgehead atoms. The Bertz CT molecular complexity index is 1290. The zero-order valence-electron chi connectivity index (χ0n) is 16.9. The molecule has 0 atom stereocenters. The Hall–Kier alpha value is -3.85. The van der Waals surface area contributed by atoms with Gasteiger partial charge in [0.05, 0.1) is 17.1 Å². The maximum atomic E-state index is 12.5. The molecule has 2 aromatic carbocycles. The summed E-state index contributed by atoms with van der Waals surface area (Å²) < 4.78 is 10.7. The van der Waals surface area contributed by atoms with E-state index >= 15 is 0 Å². The van der Waals surface area contributed by atoms with Gasteiger partial charge in [0.25, 0.3) is 11.1 Å². The highest BCUT2D eigenvalue weighted by Crippen LogP contribution is 2.35. The number of nitrogens with zero attached hydrogens (tertiary/aromatic N) is 1. The van der Waals surface area contributed by atoms with Crippen molar-refractivity contribution in [2.75, 3.05) is 13.2 Å². The molecule has 3 aromatic rings. The second-order valence-electron chi connectivity index (χ2n) is 6.82. The second-order valence-corrected chi connectivity index (χ2v) is 7.82. The van der Waals surface area contributed by atoms with E-state index in [0.717, 1.165) is 15.7 Å². The standard InChI is InChI=1S/C23H17NO7S/c1-2-30-20(25)12-24-21(26)19(32-23(24)29)11-15-7-8-18(31-15)17-10-14(22(27)28)9-13-5-3-4-6-16(13)17/h3-11H,2,12H2,1H3,(H,27,28)/b19-11-. The molecule has 1 aromatic heterocycles. The summed E-state index contributed by atoms with van der Waals surface area (Å²) in [5.41, 5.74) is 0.715. The summed E-state index contributed by atoms with van der Waals surface area (Å²) in [4.78, 5) is 48.8. The number of carbonyl (C=O) groups excluding carboxylic acids is 3. The molecule has 0 saturated carbocycles. The third-order valence-electron chi connectivity index (χ3n) is 4.74. The topological polar surface area (TPSA) is 114 Å². The number of carboxylic acids is 1. The smallest absolute Gasteiger partial charge is 0.335 e. The first-order chi connectivity index (χ1) is 15.4. The summed E-state index contributed by atoms with van der Waals surface area (Å²) in [6.07, 6.45) is 1.42. The minimum atomic E-state index is -1.06. The summed E-state index contributed by atoms with van der Waals surface area (Å²) in [5.74, 6) is -1.60. The quantitative estimate of drug-likeness (QED) is 0.433. The SMILES string of the molecule is CCOC(=O)CN1C(=O)S/C(=C\c2ccc(-c3cc(C(=O)O)cc4ccccc34)o2)C1=O. The number of imide groups is 1. The van der Waals surface area contributed by atoms with Crippen molar-refractivity contribution < 1.29 is 33.4 Å². The summed E-state index contributed by atoms with van der Waals surface area (Å²) >= 11 is 0.704. The molecule has 2 amide bonds. The Morgan fingerprint density at radius 1 is 1.16 bits per heavy atom. The van der Waals surface area contributed by atoms with Crippen LogP contribution in [0, 0.1) is 0 Å². The number of thioether (sulfide) groups is 1. The minimum absolute atomic E-state index is 0.115. The summed E-state index contributed by atoms with van der Waals surface area (Å²) in [6.45, 7) is 1.33. The third-order valence-corrected chi connectivity index (χ3v) is 5.65. The van der Waals surface area contributed by atoms with Crippen molar-refractivity contribution in [1.82, 2.24) is 4.90 Å². The van der Waals surface area contributed by atoms with Crippen LogP contribution < -0.4 is 0 Å². The van der Waals surface area contributed by atoms with E-state index in [1.165, 1.54) is 12.1 Å². The molecule has 1 saturated heterocycles. The lowest BCUT2D eigenvalue weighted by molar-refractivity contribution is -0.145. The lowest BCUT2D eigenvalue weighted by Crippen LogP contribution is -2.34. The predicted molar refractivity (Wildman–Crippen MR) is 118 cm³/mol. The fourth-order valence-corrected chi connectivity index (χ4v) is 4.13. The summed E-state index contributed by atoms with van der Waals surface area (Å²) in [5, 5.41) is 10.4. The van der Waals surface area contributed by atoms with Gasteiger partial charge in [-0.05, 0) is 53.7 Å². The highest BCUT2D eigenvalue weighted by molar-refractivity contribution is 8.18. The number of ether oxygens (including phenoxy) is 1. The van der Waals surface area contributed by atoms with Gasteiger partial charge in [-0.25, -0.2) is 4.79 Å². The average molecular weight is 451 g/mol. The Balaban J connectivity index is 1.65. The number of hydrogen-bond donors (Lipinski definition) is 1. The molecule has 2 heterocycles. The molecule has 4 rings (SSSR count). The molecule has 8 nitrogen and oxygen atoms in total. The van der Waals surface area contributed by atoms with Crippen molar-refractivity contribution in [1.29, 1.82) is 0 Å². The van der Waals surface area contributed by atoms with E-state index in [1.54, 1.807) is 25.1 Å². The van der Waals surface area contributed by atoms with Gasteiger partial charge in [-0.2, -0.15) is 0 Å². The van der Waals surface area contributed by atoms with E-state index in [1.807, 2.05) is 24.3 Å². The van der Waals surface area contributed by atoms with Crippen LogP contribution in [0.4, 0.5) is 4.79 Å². The first-order valence-electron chi connectivity index (χ1n) is 9.64. The van der Waals surface area contributed by atoms with E-state index in [2.05, 4.69) is 0 Å². The molecule has 0 radical (unpaired) electrons. The van der Waals surface area contributed by atoms with Crippen molar-refractivity contribution >= 4 is 51.7 Å². The highest BCUT2D eigenvalue weighted by Gasteiger charge is 2.36. The highest BCUT2D eigenvalue weighted by atomic mass is 32.2. The first kappa shape index (κ1) is 21.4. The van der Waals surface area contributed by atoms with Crippen molar-refractivity contribution in [3.63, 3.8) is 0 Å². The van der Waals surface area contributed by atoms with E-state index in [-0.39, 0.29) is 17.1 Å². The normalized spacial score (nSPS) is 15.0. The fraction of sp³-hybridized carbons (Fsp3) is 0.130. The van der Waals surface area contributed by atoms with Crippen LogP contribution >= 0.6 is 11.8 Å². The summed E-state index contributed by atoms with van der Waals surface area (Å²) in [7, 11) is 0. The van der Waals surface area contributed by atoms with Crippen LogP contribution in [0.5, 0.6) is 0 Å². The number of carbonyl (C=O) groups is 4. The van der Waals surface area contributed by atoms with E-state index < -0.39 is 29.6 Å². The average Bonchev–Trinajstić information content (AvgIpc) is 3.33. The van der Waals surface area contributed by atoms with Crippen LogP contribution in [-0.4, -0.2) is 46.2 Å². The minimum Gasteiger partial charge on any atom is -0.478 e.